The van der Waals surface area contributed by atoms with Crippen LogP contribution in [0.1, 0.15) is 5.56 Å². The number of hydrogen-bond donors (Lipinski definition) is 2. The first-order valence-corrected chi connectivity index (χ1v) is 5.12. The first-order chi connectivity index (χ1) is 7.65. The molecule has 0 aliphatic heterocycles. The monoisotopic (exact) mass is 234 g/mol. The van der Waals surface area contributed by atoms with E-state index in [0.717, 1.165) is 5.56 Å². The molecule has 0 saturated carbocycles. The van der Waals surface area contributed by atoms with Crippen LogP contribution in [0.5, 0.6) is 11.5 Å². The molecule has 0 saturated heterocycles. The first kappa shape index (κ1) is 10.6. The Labute approximate surface area is 96.9 Å². The molecular weight excluding hydrogens is 224 g/mol. The van der Waals surface area contributed by atoms with Crippen LogP contribution >= 0.6 is 12.2 Å². The third kappa shape index (κ3) is 2.38. The van der Waals surface area contributed by atoms with Gasteiger partial charge in [0.25, 0.3) is 5.56 Å². The van der Waals surface area contributed by atoms with E-state index in [1.165, 1.54) is 6.20 Å². The minimum absolute atomic E-state index is 0.194. The molecule has 0 bridgehead atoms. The van der Waals surface area contributed by atoms with Crippen LogP contribution in [-0.4, -0.2) is 9.97 Å². The van der Waals surface area contributed by atoms with Gasteiger partial charge in [0, 0.05) is 0 Å². The van der Waals surface area contributed by atoms with E-state index in [1.54, 1.807) is 6.07 Å². The molecule has 1 heterocycles. The molecule has 1 aromatic heterocycles. The number of H-pyrrole nitrogens is 2. The number of aryl methyl sites for hydroxylation is 1. The van der Waals surface area contributed by atoms with Crippen LogP contribution in [0.25, 0.3) is 0 Å². The highest BCUT2D eigenvalue weighted by atomic mass is 32.1. The largest absolute Gasteiger partial charge is 0.450 e. The SMILES string of the molecule is Cc1cccc(Oc2c[nH]c(=S)[nH]c2=O)c1. The van der Waals surface area contributed by atoms with E-state index >= 15 is 0 Å². The maximum atomic E-state index is 11.5. The fourth-order valence-corrected chi connectivity index (χ4v) is 1.43. The molecule has 16 heavy (non-hydrogen) atoms. The van der Waals surface area contributed by atoms with Crippen LogP contribution in [-0.2, 0) is 0 Å². The van der Waals surface area contributed by atoms with Gasteiger partial charge in [0.1, 0.15) is 5.75 Å². The second kappa shape index (κ2) is 4.32. The van der Waals surface area contributed by atoms with E-state index in [-0.39, 0.29) is 16.1 Å². The minimum Gasteiger partial charge on any atom is -0.450 e. The number of ether oxygens (including phenoxy) is 1. The molecule has 1 aromatic carbocycles. The molecule has 0 amide bonds. The highest BCUT2D eigenvalue weighted by Gasteiger charge is 2.01. The van der Waals surface area contributed by atoms with Crippen molar-refractivity contribution < 1.29 is 4.74 Å². The van der Waals surface area contributed by atoms with Gasteiger partial charge in [-0.25, -0.2) is 0 Å². The Bertz CT molecular complexity index is 616. The number of hydrogen-bond acceptors (Lipinski definition) is 3. The second-order valence-corrected chi connectivity index (χ2v) is 3.76. The summed E-state index contributed by atoms with van der Waals surface area (Å²) in [5.41, 5.74) is 0.725. The molecule has 4 nitrogen and oxygen atoms in total. The maximum Gasteiger partial charge on any atom is 0.294 e. The average molecular weight is 234 g/mol. The molecule has 0 aliphatic carbocycles. The number of rotatable bonds is 2. The summed E-state index contributed by atoms with van der Waals surface area (Å²) in [6, 6.07) is 7.45. The zero-order valence-electron chi connectivity index (χ0n) is 8.61. The smallest absolute Gasteiger partial charge is 0.294 e. The number of aromatic amines is 2. The van der Waals surface area contributed by atoms with Gasteiger partial charge in [-0.1, -0.05) is 12.1 Å². The van der Waals surface area contributed by atoms with Crippen LogP contribution in [0.3, 0.4) is 0 Å². The molecule has 0 radical (unpaired) electrons. The van der Waals surface area contributed by atoms with Crippen molar-refractivity contribution >= 4 is 12.2 Å². The lowest BCUT2D eigenvalue weighted by atomic mass is 10.2. The lowest BCUT2D eigenvalue weighted by molar-refractivity contribution is 0.471. The Balaban J connectivity index is 2.34. The summed E-state index contributed by atoms with van der Waals surface area (Å²) in [6.45, 7) is 1.95. The van der Waals surface area contributed by atoms with Crippen LogP contribution in [0.15, 0.2) is 35.3 Å². The van der Waals surface area contributed by atoms with Gasteiger partial charge in [-0.05, 0) is 36.8 Å². The van der Waals surface area contributed by atoms with Crippen LogP contribution < -0.4 is 10.3 Å². The van der Waals surface area contributed by atoms with E-state index in [2.05, 4.69) is 9.97 Å². The maximum absolute atomic E-state index is 11.5. The van der Waals surface area contributed by atoms with Crippen molar-refractivity contribution in [3.05, 3.63) is 51.2 Å². The van der Waals surface area contributed by atoms with Gasteiger partial charge >= 0.3 is 0 Å². The summed E-state index contributed by atoms with van der Waals surface area (Å²) < 4.78 is 5.70. The summed E-state index contributed by atoms with van der Waals surface area (Å²) in [4.78, 5) is 16.6. The molecule has 2 aromatic rings. The Morgan fingerprint density at radius 1 is 1.38 bits per heavy atom. The van der Waals surface area contributed by atoms with Gasteiger partial charge in [-0.15, -0.1) is 0 Å². The van der Waals surface area contributed by atoms with Gasteiger partial charge in [-0.3, -0.25) is 9.78 Å². The molecule has 0 spiro atoms. The van der Waals surface area contributed by atoms with E-state index in [9.17, 15) is 4.79 Å². The zero-order chi connectivity index (χ0) is 11.5. The van der Waals surface area contributed by atoms with Crippen molar-refractivity contribution in [1.82, 2.24) is 9.97 Å². The van der Waals surface area contributed by atoms with Crippen molar-refractivity contribution in [2.75, 3.05) is 0 Å². The van der Waals surface area contributed by atoms with Crippen LogP contribution in [0.2, 0.25) is 0 Å². The van der Waals surface area contributed by atoms with Gasteiger partial charge in [-0.2, -0.15) is 0 Å². The Morgan fingerprint density at radius 3 is 2.88 bits per heavy atom. The molecule has 2 rings (SSSR count). The topological polar surface area (TPSA) is 57.9 Å². The van der Waals surface area contributed by atoms with Crippen molar-refractivity contribution in [3.8, 4) is 11.5 Å². The van der Waals surface area contributed by atoms with Crippen LogP contribution in [0.4, 0.5) is 0 Å². The fourth-order valence-electron chi connectivity index (χ4n) is 1.28. The van der Waals surface area contributed by atoms with E-state index in [1.807, 2.05) is 25.1 Å². The Morgan fingerprint density at radius 2 is 2.19 bits per heavy atom. The highest BCUT2D eigenvalue weighted by molar-refractivity contribution is 7.71. The summed E-state index contributed by atoms with van der Waals surface area (Å²) in [7, 11) is 0. The molecular formula is C11H10N2O2S. The number of benzene rings is 1. The Hall–Kier alpha value is -1.88. The van der Waals surface area contributed by atoms with Crippen molar-refractivity contribution in [2.45, 2.75) is 6.92 Å². The first-order valence-electron chi connectivity index (χ1n) is 4.72. The fraction of sp³-hybridized carbons (Fsp3) is 0.0909. The molecule has 0 unspecified atom stereocenters. The standard InChI is InChI=1S/C11H10N2O2S/c1-7-3-2-4-8(5-7)15-9-6-12-11(16)13-10(9)14/h2-6H,1H3,(H2,12,13,14,16). The van der Waals surface area contributed by atoms with E-state index in [4.69, 9.17) is 17.0 Å². The predicted octanol–water partition coefficient (Wildman–Crippen LogP) is 2.53. The van der Waals surface area contributed by atoms with Gasteiger partial charge in [0.15, 0.2) is 4.77 Å². The van der Waals surface area contributed by atoms with Crippen molar-refractivity contribution in [1.29, 1.82) is 0 Å². The number of nitrogens with one attached hydrogen (secondary N) is 2. The summed E-state index contributed by atoms with van der Waals surface area (Å²) in [5.74, 6) is 0.815. The third-order valence-electron chi connectivity index (χ3n) is 2.00. The second-order valence-electron chi connectivity index (χ2n) is 3.35. The third-order valence-corrected chi connectivity index (χ3v) is 2.22. The lowest BCUT2D eigenvalue weighted by Gasteiger charge is -2.04. The number of aromatic nitrogens is 2. The van der Waals surface area contributed by atoms with Gasteiger partial charge in [0.2, 0.25) is 5.75 Å². The quantitative estimate of drug-likeness (QED) is 0.785. The predicted molar refractivity (Wildman–Crippen MR) is 63.5 cm³/mol. The van der Waals surface area contributed by atoms with Gasteiger partial charge < -0.3 is 9.72 Å². The van der Waals surface area contributed by atoms with E-state index in [0.29, 0.717) is 5.75 Å². The normalized spacial score (nSPS) is 10.1. The molecule has 0 atom stereocenters. The van der Waals surface area contributed by atoms with Crippen molar-refractivity contribution in [3.63, 3.8) is 0 Å². The molecule has 0 fully saturated rings. The molecule has 0 aliphatic rings. The average Bonchev–Trinajstić information content (AvgIpc) is 2.22. The molecule has 82 valence electrons. The Kier molecular flexibility index (Phi) is 2.87. The van der Waals surface area contributed by atoms with Gasteiger partial charge in [0.05, 0.1) is 6.20 Å². The van der Waals surface area contributed by atoms with Crippen molar-refractivity contribution in [2.24, 2.45) is 0 Å². The lowest BCUT2D eigenvalue weighted by Crippen LogP contribution is -2.09. The zero-order valence-corrected chi connectivity index (χ0v) is 9.43. The minimum atomic E-state index is -0.342. The van der Waals surface area contributed by atoms with E-state index < -0.39 is 0 Å². The summed E-state index contributed by atoms with van der Waals surface area (Å²) >= 11 is 4.78. The molecule has 5 heteroatoms. The molecule has 2 N–H and O–H groups in total. The van der Waals surface area contributed by atoms with Crippen LogP contribution in [0, 0.1) is 11.7 Å². The summed E-state index contributed by atoms with van der Waals surface area (Å²) in [6.07, 6.45) is 1.45. The summed E-state index contributed by atoms with van der Waals surface area (Å²) in [5, 5.41) is 0. The highest BCUT2D eigenvalue weighted by Crippen LogP contribution is 2.17.